The van der Waals surface area contributed by atoms with E-state index < -0.39 is 16.0 Å². The summed E-state index contributed by atoms with van der Waals surface area (Å²) in [5.41, 5.74) is 0.644. The fourth-order valence-electron chi connectivity index (χ4n) is 1.66. The van der Waals surface area contributed by atoms with Gasteiger partial charge in [0.2, 0.25) is 0 Å². The molecule has 0 bridgehead atoms. The van der Waals surface area contributed by atoms with Crippen LogP contribution >= 0.6 is 11.3 Å². The van der Waals surface area contributed by atoms with Crippen molar-refractivity contribution in [2.75, 3.05) is 4.72 Å². The molecule has 10 heteroatoms. The number of hydrogen-bond acceptors (Lipinski definition) is 6. The van der Waals surface area contributed by atoms with Gasteiger partial charge in [-0.3, -0.25) is 9.82 Å². The van der Waals surface area contributed by atoms with E-state index in [2.05, 4.69) is 19.9 Å². The largest absolute Gasteiger partial charge is 0.478 e. The highest BCUT2D eigenvalue weighted by Crippen LogP contribution is 2.28. The van der Waals surface area contributed by atoms with Crippen molar-refractivity contribution in [3.8, 4) is 0 Å². The van der Waals surface area contributed by atoms with Gasteiger partial charge < -0.3 is 5.11 Å². The van der Waals surface area contributed by atoms with Crippen LogP contribution in [0.25, 0.3) is 10.2 Å². The topological polar surface area (TPSA) is 125 Å². The molecule has 108 valence electrons. The summed E-state index contributed by atoms with van der Waals surface area (Å²) in [6.45, 7) is 0. The summed E-state index contributed by atoms with van der Waals surface area (Å²) >= 11 is 1.06. The zero-order chi connectivity index (χ0) is 15.0. The monoisotopic (exact) mass is 324 g/mol. The predicted molar refractivity (Wildman–Crippen MR) is 76.0 cm³/mol. The Labute approximate surface area is 122 Å². The van der Waals surface area contributed by atoms with Crippen molar-refractivity contribution in [3.63, 3.8) is 0 Å². The Morgan fingerprint density at radius 2 is 2.19 bits per heavy atom. The maximum absolute atomic E-state index is 12.0. The van der Waals surface area contributed by atoms with Crippen molar-refractivity contribution in [1.82, 2.24) is 15.2 Å². The minimum absolute atomic E-state index is 0.00650. The number of aromatic nitrogens is 3. The summed E-state index contributed by atoms with van der Waals surface area (Å²) in [5, 5.41) is 15.1. The van der Waals surface area contributed by atoms with Gasteiger partial charge in [-0.2, -0.15) is 5.10 Å². The van der Waals surface area contributed by atoms with Crippen LogP contribution < -0.4 is 4.72 Å². The third-order valence-corrected chi connectivity index (χ3v) is 5.01. The lowest BCUT2D eigenvalue weighted by molar-refractivity contribution is 0.0697. The van der Waals surface area contributed by atoms with E-state index in [1.165, 1.54) is 30.6 Å². The van der Waals surface area contributed by atoms with E-state index in [0.29, 0.717) is 10.2 Å². The third-order valence-electron chi connectivity index (χ3n) is 2.64. The smallest absolute Gasteiger partial charge is 0.335 e. The minimum Gasteiger partial charge on any atom is -0.478 e. The molecule has 8 nitrogen and oxygen atoms in total. The first kappa shape index (κ1) is 13.5. The molecule has 0 radical (unpaired) electrons. The molecule has 0 amide bonds. The number of sulfonamides is 1. The molecule has 3 rings (SSSR count). The molecular weight excluding hydrogens is 316 g/mol. The zero-order valence-corrected chi connectivity index (χ0v) is 11.9. The summed E-state index contributed by atoms with van der Waals surface area (Å²) in [6, 6.07) is 4.40. The summed E-state index contributed by atoms with van der Waals surface area (Å²) in [4.78, 5) is 15.0. The van der Waals surface area contributed by atoms with Crippen LogP contribution in [0.3, 0.4) is 0 Å². The van der Waals surface area contributed by atoms with E-state index >= 15 is 0 Å². The second-order valence-electron chi connectivity index (χ2n) is 4.05. The fraction of sp³-hybridized carbons (Fsp3) is 0. The van der Waals surface area contributed by atoms with E-state index in [1.54, 1.807) is 0 Å². The maximum Gasteiger partial charge on any atom is 0.335 e. The fourth-order valence-corrected chi connectivity index (χ4v) is 3.71. The Morgan fingerprint density at radius 1 is 1.38 bits per heavy atom. The number of benzene rings is 1. The number of anilines is 1. The van der Waals surface area contributed by atoms with E-state index in [1.807, 2.05) is 0 Å². The van der Waals surface area contributed by atoms with Crippen LogP contribution in [0.15, 0.2) is 35.5 Å². The van der Waals surface area contributed by atoms with Gasteiger partial charge in [0.1, 0.15) is 4.90 Å². The maximum atomic E-state index is 12.0. The first-order valence-electron chi connectivity index (χ1n) is 5.61. The van der Waals surface area contributed by atoms with Crippen LogP contribution in [0.2, 0.25) is 0 Å². The second kappa shape index (κ2) is 4.82. The summed E-state index contributed by atoms with van der Waals surface area (Å²) in [5.74, 6) is -1.05. The van der Waals surface area contributed by atoms with Gasteiger partial charge in [0.15, 0.2) is 5.13 Å². The lowest BCUT2D eigenvalue weighted by Crippen LogP contribution is -2.11. The Balaban J connectivity index is 1.97. The highest BCUT2D eigenvalue weighted by molar-refractivity contribution is 7.93. The standard InChI is InChI=1S/C11H8N4O4S2/c16-10(17)6-1-2-8-9(3-6)20-11(14-8)15-21(18,19)7-4-12-13-5-7/h1-5H,(H,12,13)(H,14,15)(H,16,17). The van der Waals surface area contributed by atoms with Crippen molar-refractivity contribution in [1.29, 1.82) is 0 Å². The molecule has 0 aliphatic carbocycles. The molecule has 1 aromatic carbocycles. The average Bonchev–Trinajstić information content (AvgIpc) is 3.06. The summed E-state index contributed by atoms with van der Waals surface area (Å²) in [6.07, 6.45) is 2.43. The Bertz CT molecular complexity index is 915. The summed E-state index contributed by atoms with van der Waals surface area (Å²) < 4.78 is 26.9. The number of aromatic carboxylic acids is 1. The molecule has 0 aliphatic heterocycles. The van der Waals surface area contributed by atoms with Crippen molar-refractivity contribution in [3.05, 3.63) is 36.2 Å². The SMILES string of the molecule is O=C(O)c1ccc2nc(NS(=O)(=O)c3cn[nH]c3)sc2c1. The number of nitrogens with one attached hydrogen (secondary N) is 2. The minimum atomic E-state index is -3.76. The van der Waals surface area contributed by atoms with Gasteiger partial charge in [-0.05, 0) is 18.2 Å². The zero-order valence-electron chi connectivity index (χ0n) is 10.3. The number of rotatable bonds is 4. The second-order valence-corrected chi connectivity index (χ2v) is 6.76. The van der Waals surface area contributed by atoms with E-state index in [0.717, 1.165) is 11.3 Å². The quantitative estimate of drug-likeness (QED) is 0.668. The Morgan fingerprint density at radius 3 is 2.86 bits per heavy atom. The first-order chi connectivity index (χ1) is 9.95. The van der Waals surface area contributed by atoms with Crippen LogP contribution in [-0.4, -0.2) is 34.7 Å². The molecule has 0 fully saturated rings. The van der Waals surface area contributed by atoms with Crippen LogP contribution in [-0.2, 0) is 10.0 Å². The van der Waals surface area contributed by atoms with E-state index in [9.17, 15) is 13.2 Å². The molecule has 2 heterocycles. The number of fused-ring (bicyclic) bond motifs is 1. The van der Waals surface area contributed by atoms with E-state index in [-0.39, 0.29) is 15.6 Å². The summed E-state index contributed by atoms with van der Waals surface area (Å²) in [7, 11) is -3.76. The number of carbonyl (C=O) groups is 1. The molecule has 0 unspecified atom stereocenters. The molecule has 21 heavy (non-hydrogen) atoms. The van der Waals surface area contributed by atoms with E-state index in [4.69, 9.17) is 5.11 Å². The van der Waals surface area contributed by atoms with Gasteiger partial charge in [-0.15, -0.1) is 0 Å². The molecule has 3 N–H and O–H groups in total. The van der Waals surface area contributed by atoms with Crippen molar-refractivity contribution >= 4 is 42.7 Å². The normalized spacial score (nSPS) is 11.6. The van der Waals surface area contributed by atoms with Gasteiger partial charge in [0, 0.05) is 6.20 Å². The molecule has 0 spiro atoms. The molecule has 0 atom stereocenters. The van der Waals surface area contributed by atoms with Crippen LogP contribution in [0.4, 0.5) is 5.13 Å². The number of carboxylic acid groups (broad SMARTS) is 1. The molecule has 0 saturated heterocycles. The van der Waals surface area contributed by atoms with Gasteiger partial charge in [0.05, 0.1) is 22.0 Å². The Kier molecular flexibility index (Phi) is 3.11. The van der Waals surface area contributed by atoms with Gasteiger partial charge in [-0.25, -0.2) is 18.2 Å². The molecular formula is C11H8N4O4S2. The first-order valence-corrected chi connectivity index (χ1v) is 7.91. The van der Waals surface area contributed by atoms with Gasteiger partial charge in [-0.1, -0.05) is 11.3 Å². The van der Waals surface area contributed by atoms with Crippen LogP contribution in [0, 0.1) is 0 Å². The average molecular weight is 324 g/mol. The number of aromatic amines is 1. The van der Waals surface area contributed by atoms with Crippen molar-refractivity contribution in [2.24, 2.45) is 0 Å². The van der Waals surface area contributed by atoms with Gasteiger partial charge in [0.25, 0.3) is 10.0 Å². The number of nitrogens with zero attached hydrogens (tertiary/aromatic N) is 2. The lowest BCUT2D eigenvalue weighted by atomic mass is 10.2. The molecule has 0 aliphatic rings. The van der Waals surface area contributed by atoms with Crippen molar-refractivity contribution < 1.29 is 18.3 Å². The molecule has 3 aromatic rings. The van der Waals surface area contributed by atoms with Crippen molar-refractivity contribution in [2.45, 2.75) is 4.90 Å². The molecule has 2 aromatic heterocycles. The van der Waals surface area contributed by atoms with Crippen LogP contribution in [0.5, 0.6) is 0 Å². The third kappa shape index (κ3) is 2.58. The number of H-pyrrole nitrogens is 1. The lowest BCUT2D eigenvalue weighted by Gasteiger charge is -2.00. The number of thiazole rings is 1. The van der Waals surface area contributed by atoms with Gasteiger partial charge >= 0.3 is 5.97 Å². The number of carboxylic acids is 1. The molecule has 0 saturated carbocycles. The highest BCUT2D eigenvalue weighted by Gasteiger charge is 2.18. The number of hydrogen-bond donors (Lipinski definition) is 3. The highest BCUT2D eigenvalue weighted by atomic mass is 32.2. The van der Waals surface area contributed by atoms with Crippen LogP contribution in [0.1, 0.15) is 10.4 Å². The Hall–Kier alpha value is -2.46. The predicted octanol–water partition coefficient (Wildman–Crippen LogP) is 1.52.